The largest absolute Gasteiger partial charge is 0.490 e. The number of aliphatic hydroxyl groups is 3. The number of rotatable bonds is 21. The summed E-state index contributed by atoms with van der Waals surface area (Å²) in [5.74, 6) is 2.44. The summed E-state index contributed by atoms with van der Waals surface area (Å²) in [6.07, 6.45) is 7.89. The number of hydrogen-bond donors (Lipinski definition) is 9. The van der Waals surface area contributed by atoms with Gasteiger partial charge in [0.25, 0.3) is 0 Å². The summed E-state index contributed by atoms with van der Waals surface area (Å²) in [6, 6.07) is 48.3. The summed E-state index contributed by atoms with van der Waals surface area (Å²) >= 11 is 0. The minimum Gasteiger partial charge on any atom is -0.490 e. The zero-order chi connectivity index (χ0) is 64.7. The van der Waals surface area contributed by atoms with E-state index in [0.29, 0.717) is 91.6 Å². The van der Waals surface area contributed by atoms with Gasteiger partial charge in [-0.05, 0) is 191 Å². The molecule has 0 spiro atoms. The van der Waals surface area contributed by atoms with Crippen LogP contribution in [0.15, 0.2) is 164 Å². The molecule has 6 aromatic carbocycles. The molecular weight excluding hydrogens is 1100 g/mol. The number of para-hydroxylation sites is 2. The molecular formula is C67H98N6O13. The van der Waals surface area contributed by atoms with E-state index in [1.54, 1.807) is 97.1 Å². The monoisotopic (exact) mass is 1190 g/mol. The van der Waals surface area contributed by atoms with Crippen molar-refractivity contribution in [3.63, 3.8) is 0 Å². The van der Waals surface area contributed by atoms with E-state index in [1.165, 1.54) is 56.1 Å². The zero-order valence-electron chi connectivity index (χ0n) is 51.8. The Bertz CT molecular complexity index is 2650. The van der Waals surface area contributed by atoms with Crippen LogP contribution in [0, 0.1) is 0 Å². The number of carbonyl (C=O) groups excluding carboxylic acids is 4. The topological polar surface area (TPSA) is 340 Å². The lowest BCUT2D eigenvalue weighted by Crippen LogP contribution is -2.40. The highest BCUT2D eigenvalue weighted by Crippen LogP contribution is 2.33. The van der Waals surface area contributed by atoms with E-state index >= 15 is 0 Å². The van der Waals surface area contributed by atoms with Crippen molar-refractivity contribution >= 4 is 23.3 Å². The van der Waals surface area contributed by atoms with Gasteiger partial charge >= 0.3 is 5.97 Å². The van der Waals surface area contributed by atoms with Crippen LogP contribution in [0.25, 0.3) is 0 Å². The van der Waals surface area contributed by atoms with Crippen LogP contribution in [0.3, 0.4) is 0 Å². The Labute approximate surface area is 510 Å². The normalized spacial score (nSPS) is 12.9. The second kappa shape index (κ2) is 46.7. The van der Waals surface area contributed by atoms with Crippen LogP contribution in [-0.2, 0) is 4.74 Å². The van der Waals surface area contributed by atoms with Crippen molar-refractivity contribution in [2.75, 3.05) is 81.9 Å². The van der Waals surface area contributed by atoms with Crippen LogP contribution >= 0.6 is 0 Å². The molecule has 19 nitrogen and oxygen atoms in total. The quantitative estimate of drug-likeness (QED) is 0.0185. The van der Waals surface area contributed by atoms with Crippen LogP contribution in [0.1, 0.15) is 119 Å². The lowest BCUT2D eigenvalue weighted by atomic mass is 9.79. The predicted molar refractivity (Wildman–Crippen MR) is 342 cm³/mol. The predicted octanol–water partition coefficient (Wildman–Crippen LogP) is 8.37. The van der Waals surface area contributed by atoms with Crippen molar-refractivity contribution in [2.24, 2.45) is 34.4 Å². The fraction of sp³-hybridized carbons (Fsp3) is 0.403. The Hall–Kier alpha value is -7.56. The van der Waals surface area contributed by atoms with Gasteiger partial charge in [-0.15, -0.1) is 0 Å². The smallest absolute Gasteiger partial charge is 0.338 e. The summed E-state index contributed by atoms with van der Waals surface area (Å²) in [5.41, 5.74) is 25.2. The van der Waals surface area contributed by atoms with Gasteiger partial charge in [0, 0.05) is 16.7 Å². The SMILES string of the molecule is CC(C)(O)C(=O)c1ccc(OCCOc2ccccc2)cc1.CN.CN.CN.CN.CN.CN.O=C(OCCOc1ccc(C(=O)C2(O)CCCCC2)cc1)c1ccccc1.O=C(c1ccc(OCCOc2ccccc2)cc1)C1(O)CCCCC1. The number of ketones is 3. The summed E-state index contributed by atoms with van der Waals surface area (Å²) in [4.78, 5) is 48.8. The first-order chi connectivity index (χ1) is 41.7. The summed E-state index contributed by atoms with van der Waals surface area (Å²) in [6.45, 7) is 5.02. The molecule has 0 bridgehead atoms. The molecule has 6 aromatic rings. The summed E-state index contributed by atoms with van der Waals surface area (Å²) < 4.78 is 33.0. The van der Waals surface area contributed by atoms with Crippen LogP contribution in [0.2, 0.25) is 0 Å². The molecule has 474 valence electrons. The highest BCUT2D eigenvalue weighted by Gasteiger charge is 2.38. The van der Waals surface area contributed by atoms with Gasteiger partial charge in [0.2, 0.25) is 0 Å². The number of carbonyl (C=O) groups is 4. The van der Waals surface area contributed by atoms with Crippen molar-refractivity contribution in [2.45, 2.75) is 94.9 Å². The minimum atomic E-state index is -1.37. The Morgan fingerprint density at radius 3 is 0.907 bits per heavy atom. The van der Waals surface area contributed by atoms with Gasteiger partial charge in [0.05, 0.1) is 5.56 Å². The average molecular weight is 1200 g/mol. The van der Waals surface area contributed by atoms with E-state index in [0.717, 1.165) is 50.0 Å². The number of nitrogens with two attached hydrogens (primary N) is 6. The average Bonchev–Trinajstić information content (AvgIpc) is 2.53. The Morgan fingerprint density at radius 2 is 0.616 bits per heavy atom. The molecule has 8 rings (SSSR count). The van der Waals surface area contributed by atoms with Crippen LogP contribution in [0.4, 0.5) is 0 Å². The van der Waals surface area contributed by atoms with Gasteiger partial charge in [0.15, 0.2) is 17.3 Å². The number of hydrogen-bond acceptors (Lipinski definition) is 19. The van der Waals surface area contributed by atoms with Gasteiger partial charge in [-0.3, -0.25) is 14.4 Å². The van der Waals surface area contributed by atoms with E-state index < -0.39 is 16.8 Å². The van der Waals surface area contributed by atoms with Gasteiger partial charge in [-0.2, -0.15) is 0 Å². The fourth-order valence-electron chi connectivity index (χ4n) is 8.35. The van der Waals surface area contributed by atoms with Crippen LogP contribution in [-0.4, -0.2) is 137 Å². The molecule has 0 amide bonds. The van der Waals surface area contributed by atoms with Crippen molar-refractivity contribution in [1.29, 1.82) is 0 Å². The summed E-state index contributed by atoms with van der Waals surface area (Å²) in [7, 11) is 9.00. The third-order valence-electron chi connectivity index (χ3n) is 12.4. The minimum absolute atomic E-state index is 0.133. The maximum Gasteiger partial charge on any atom is 0.338 e. The third-order valence-corrected chi connectivity index (χ3v) is 12.4. The molecule has 2 aliphatic rings. The standard InChI is InChI=1S/C22H24O5.C21H24O4.C18H20O4.6CH5N/c23-20(22(25)13-5-2-6-14-22)17-9-11-19(12-10-17)26-15-16-27-21(24)18-7-3-1-4-8-18;22-20(21(23)13-5-2-6-14-21)17-9-11-19(12-10-17)25-16-15-24-18-7-3-1-4-8-18;1-18(2,20)17(19)14-8-10-16(11-9-14)22-13-12-21-15-6-4-3-5-7-15;6*1-2/h1,3-4,7-12,25H,2,5-6,13-16H2;1,3-4,7-12,23H,2,5-6,13-16H2;3-11,20H,12-13H2,1-2H3;6*2H2,1H3. The number of benzene rings is 6. The summed E-state index contributed by atoms with van der Waals surface area (Å²) in [5, 5.41) is 30.8. The molecule has 86 heavy (non-hydrogen) atoms. The van der Waals surface area contributed by atoms with Crippen molar-refractivity contribution in [3.8, 4) is 28.7 Å². The molecule has 0 atom stereocenters. The molecule has 0 radical (unpaired) electrons. The van der Waals surface area contributed by atoms with Crippen LogP contribution in [0.5, 0.6) is 28.7 Å². The Balaban J connectivity index is 0.00000116. The van der Waals surface area contributed by atoms with E-state index in [9.17, 15) is 34.5 Å². The maximum atomic E-state index is 12.6. The molecule has 2 fully saturated rings. The second-order valence-corrected chi connectivity index (χ2v) is 18.7. The lowest BCUT2D eigenvalue weighted by molar-refractivity contribution is 0.0116. The van der Waals surface area contributed by atoms with E-state index in [1.807, 2.05) is 66.7 Å². The number of esters is 1. The van der Waals surface area contributed by atoms with E-state index in [2.05, 4.69) is 34.4 Å². The van der Waals surface area contributed by atoms with Crippen molar-refractivity contribution in [3.05, 3.63) is 186 Å². The van der Waals surface area contributed by atoms with Gasteiger partial charge < -0.3 is 78.1 Å². The first kappa shape index (κ1) is 78.4. The van der Waals surface area contributed by atoms with Gasteiger partial charge in [-0.25, -0.2) is 4.79 Å². The number of ether oxygens (including phenoxy) is 6. The first-order valence-electron chi connectivity index (χ1n) is 28.8. The van der Waals surface area contributed by atoms with Crippen molar-refractivity contribution in [1.82, 2.24) is 0 Å². The molecule has 2 aliphatic carbocycles. The molecule has 2 saturated carbocycles. The highest BCUT2D eigenvalue weighted by molar-refractivity contribution is 6.03. The fourth-order valence-corrected chi connectivity index (χ4v) is 8.35. The van der Waals surface area contributed by atoms with E-state index in [-0.39, 0.29) is 36.5 Å². The highest BCUT2D eigenvalue weighted by atomic mass is 16.6. The lowest BCUT2D eigenvalue weighted by Gasteiger charge is -2.30. The number of Topliss-reactive ketones (excluding diaryl/α,β-unsaturated/α-hetero) is 3. The molecule has 0 aromatic heterocycles. The van der Waals surface area contributed by atoms with Crippen molar-refractivity contribution < 1.29 is 62.9 Å². The molecule has 19 heteroatoms. The maximum absolute atomic E-state index is 12.6. The second-order valence-electron chi connectivity index (χ2n) is 18.7. The molecule has 0 heterocycles. The molecule has 0 unspecified atom stereocenters. The third kappa shape index (κ3) is 29.5. The first-order valence-corrected chi connectivity index (χ1v) is 28.8. The van der Waals surface area contributed by atoms with E-state index in [4.69, 9.17) is 28.4 Å². The van der Waals surface area contributed by atoms with Gasteiger partial charge in [-0.1, -0.05) is 93.1 Å². The molecule has 0 aliphatic heterocycles. The van der Waals surface area contributed by atoms with Gasteiger partial charge in [0.1, 0.15) is 85.2 Å². The van der Waals surface area contributed by atoms with Crippen LogP contribution < -0.4 is 58.1 Å². The molecule has 15 N–H and O–H groups in total. The Kier molecular flexibility index (Phi) is 42.6. The Morgan fingerprint density at radius 1 is 0.360 bits per heavy atom. The zero-order valence-corrected chi connectivity index (χ0v) is 51.8. The molecule has 0 saturated heterocycles.